The van der Waals surface area contributed by atoms with Crippen LogP contribution in [0.2, 0.25) is 0 Å². The van der Waals surface area contributed by atoms with Gasteiger partial charge in [0.1, 0.15) is 0 Å². The zero-order chi connectivity index (χ0) is 18.4. The smallest absolute Gasteiger partial charge is 0.251 e. The SMILES string of the molecule is CC(C)Sc1ccc(C(=O)NCc2ccc(NS(C)(=O)=O)cc2)cc1. The van der Waals surface area contributed by atoms with Crippen LogP contribution in [0.1, 0.15) is 29.8 Å². The van der Waals surface area contributed by atoms with E-state index in [1.807, 2.05) is 24.3 Å². The maximum atomic E-state index is 12.2. The summed E-state index contributed by atoms with van der Waals surface area (Å²) in [6, 6.07) is 14.4. The minimum atomic E-state index is -3.28. The molecule has 2 aromatic rings. The van der Waals surface area contributed by atoms with Gasteiger partial charge in [0.05, 0.1) is 6.26 Å². The van der Waals surface area contributed by atoms with Crippen molar-refractivity contribution < 1.29 is 13.2 Å². The second-order valence-electron chi connectivity index (χ2n) is 5.94. The Labute approximate surface area is 153 Å². The molecule has 0 spiro atoms. The Morgan fingerprint density at radius 3 is 2.16 bits per heavy atom. The summed E-state index contributed by atoms with van der Waals surface area (Å²) in [6.45, 7) is 4.63. The van der Waals surface area contributed by atoms with Gasteiger partial charge in [0.2, 0.25) is 10.0 Å². The molecule has 0 aliphatic heterocycles. The van der Waals surface area contributed by atoms with E-state index in [4.69, 9.17) is 0 Å². The van der Waals surface area contributed by atoms with E-state index in [1.165, 1.54) is 0 Å². The molecule has 0 saturated carbocycles. The number of carbonyl (C=O) groups is 1. The molecule has 1 amide bonds. The molecule has 0 aliphatic carbocycles. The summed E-state index contributed by atoms with van der Waals surface area (Å²) in [5.74, 6) is -0.139. The van der Waals surface area contributed by atoms with Crippen LogP contribution >= 0.6 is 11.8 Å². The van der Waals surface area contributed by atoms with Crippen molar-refractivity contribution in [1.29, 1.82) is 0 Å². The molecular weight excluding hydrogens is 356 g/mol. The van der Waals surface area contributed by atoms with Crippen molar-refractivity contribution in [2.75, 3.05) is 11.0 Å². The lowest BCUT2D eigenvalue weighted by Gasteiger charge is -2.08. The first-order valence-corrected chi connectivity index (χ1v) is 10.6. The lowest BCUT2D eigenvalue weighted by Crippen LogP contribution is -2.22. The Balaban J connectivity index is 1.91. The van der Waals surface area contributed by atoms with E-state index in [-0.39, 0.29) is 5.91 Å². The fourth-order valence-corrected chi connectivity index (χ4v) is 3.55. The van der Waals surface area contributed by atoms with Crippen LogP contribution in [0.5, 0.6) is 0 Å². The molecule has 134 valence electrons. The molecule has 25 heavy (non-hydrogen) atoms. The summed E-state index contributed by atoms with van der Waals surface area (Å²) in [6.07, 6.45) is 1.10. The van der Waals surface area contributed by atoms with Crippen molar-refractivity contribution in [3.8, 4) is 0 Å². The van der Waals surface area contributed by atoms with Crippen LogP contribution in [0.4, 0.5) is 5.69 Å². The van der Waals surface area contributed by atoms with Gasteiger partial charge in [-0.1, -0.05) is 26.0 Å². The second kappa shape index (κ2) is 8.40. The highest BCUT2D eigenvalue weighted by Gasteiger charge is 2.07. The summed E-state index contributed by atoms with van der Waals surface area (Å²) >= 11 is 1.75. The molecule has 2 N–H and O–H groups in total. The quantitative estimate of drug-likeness (QED) is 0.723. The molecular formula is C18H22N2O3S2. The Morgan fingerprint density at radius 1 is 1.04 bits per heavy atom. The maximum absolute atomic E-state index is 12.2. The van der Waals surface area contributed by atoms with Crippen molar-refractivity contribution >= 4 is 33.4 Å². The fraction of sp³-hybridized carbons (Fsp3) is 0.278. The minimum absolute atomic E-state index is 0.139. The van der Waals surface area contributed by atoms with E-state index in [1.54, 1.807) is 36.0 Å². The van der Waals surface area contributed by atoms with Gasteiger partial charge in [-0.3, -0.25) is 9.52 Å². The topological polar surface area (TPSA) is 75.3 Å². The van der Waals surface area contributed by atoms with Crippen LogP contribution in [0.15, 0.2) is 53.4 Å². The van der Waals surface area contributed by atoms with Crippen LogP contribution in [0, 0.1) is 0 Å². The lowest BCUT2D eigenvalue weighted by atomic mass is 10.2. The molecule has 0 aromatic heterocycles. The molecule has 7 heteroatoms. The molecule has 5 nitrogen and oxygen atoms in total. The summed E-state index contributed by atoms with van der Waals surface area (Å²) in [5.41, 5.74) is 2.00. The third kappa shape index (κ3) is 6.80. The number of nitrogens with one attached hydrogen (secondary N) is 2. The Bertz CT molecular complexity index is 814. The predicted molar refractivity (Wildman–Crippen MR) is 104 cm³/mol. The van der Waals surface area contributed by atoms with Crippen molar-refractivity contribution in [3.05, 3.63) is 59.7 Å². The van der Waals surface area contributed by atoms with Crippen LogP contribution in [0.3, 0.4) is 0 Å². The normalized spacial score (nSPS) is 11.4. The number of hydrogen-bond acceptors (Lipinski definition) is 4. The monoisotopic (exact) mass is 378 g/mol. The molecule has 0 aliphatic rings. The number of amides is 1. The number of carbonyl (C=O) groups excluding carboxylic acids is 1. The number of rotatable bonds is 7. The van der Waals surface area contributed by atoms with Crippen molar-refractivity contribution in [3.63, 3.8) is 0 Å². The number of anilines is 1. The molecule has 2 aromatic carbocycles. The Kier molecular flexibility index (Phi) is 6.50. The summed E-state index contributed by atoms with van der Waals surface area (Å²) < 4.78 is 24.7. The van der Waals surface area contributed by atoms with E-state index in [9.17, 15) is 13.2 Å². The minimum Gasteiger partial charge on any atom is -0.348 e. The maximum Gasteiger partial charge on any atom is 0.251 e. The number of hydrogen-bond donors (Lipinski definition) is 2. The molecule has 0 fully saturated rings. The average Bonchev–Trinajstić information content (AvgIpc) is 2.52. The lowest BCUT2D eigenvalue weighted by molar-refractivity contribution is 0.0951. The Hall–Kier alpha value is -1.99. The standard InChI is InChI=1S/C18H22N2O3S2/c1-13(2)24-17-10-6-15(7-11-17)18(21)19-12-14-4-8-16(9-5-14)20-25(3,22)23/h4-11,13,20H,12H2,1-3H3,(H,19,21). The number of thioether (sulfide) groups is 1. The molecule has 0 saturated heterocycles. The van der Waals surface area contributed by atoms with E-state index >= 15 is 0 Å². The van der Waals surface area contributed by atoms with E-state index in [2.05, 4.69) is 23.9 Å². The highest BCUT2D eigenvalue weighted by Crippen LogP contribution is 2.22. The van der Waals surface area contributed by atoms with E-state index < -0.39 is 10.0 Å². The van der Waals surface area contributed by atoms with E-state index in [0.29, 0.717) is 23.0 Å². The highest BCUT2D eigenvalue weighted by atomic mass is 32.2. The summed E-state index contributed by atoms with van der Waals surface area (Å²) in [4.78, 5) is 13.3. The molecule has 2 rings (SSSR count). The predicted octanol–water partition coefficient (Wildman–Crippen LogP) is 3.49. The van der Waals surface area contributed by atoms with Gasteiger partial charge < -0.3 is 5.32 Å². The van der Waals surface area contributed by atoms with Crippen molar-refractivity contribution in [1.82, 2.24) is 5.32 Å². The van der Waals surface area contributed by atoms with Gasteiger partial charge in [0.15, 0.2) is 0 Å². The van der Waals surface area contributed by atoms with Crippen LogP contribution in [0.25, 0.3) is 0 Å². The van der Waals surface area contributed by atoms with Gasteiger partial charge in [0.25, 0.3) is 5.91 Å². The van der Waals surface area contributed by atoms with Crippen molar-refractivity contribution in [2.45, 2.75) is 30.5 Å². The van der Waals surface area contributed by atoms with Crippen LogP contribution in [-0.4, -0.2) is 25.8 Å². The van der Waals surface area contributed by atoms with Crippen LogP contribution in [-0.2, 0) is 16.6 Å². The van der Waals surface area contributed by atoms with Gasteiger partial charge in [-0.25, -0.2) is 8.42 Å². The van der Waals surface area contributed by atoms with Gasteiger partial charge in [-0.15, -0.1) is 11.8 Å². The molecule has 0 heterocycles. The molecule has 0 bridgehead atoms. The molecule has 0 unspecified atom stereocenters. The number of benzene rings is 2. The van der Waals surface area contributed by atoms with Crippen molar-refractivity contribution in [2.24, 2.45) is 0 Å². The van der Waals surface area contributed by atoms with Crippen LogP contribution < -0.4 is 10.0 Å². The summed E-state index contributed by atoms with van der Waals surface area (Å²) in [7, 11) is -3.28. The van der Waals surface area contributed by atoms with Gasteiger partial charge in [-0.2, -0.15) is 0 Å². The fourth-order valence-electron chi connectivity index (χ4n) is 2.15. The first kappa shape index (κ1) is 19.3. The average molecular weight is 379 g/mol. The largest absolute Gasteiger partial charge is 0.348 e. The third-order valence-electron chi connectivity index (χ3n) is 3.20. The Morgan fingerprint density at radius 2 is 1.64 bits per heavy atom. The molecule has 0 radical (unpaired) electrons. The third-order valence-corrected chi connectivity index (χ3v) is 4.82. The van der Waals surface area contributed by atoms with Gasteiger partial charge >= 0.3 is 0 Å². The van der Waals surface area contributed by atoms with E-state index in [0.717, 1.165) is 16.7 Å². The zero-order valence-electron chi connectivity index (χ0n) is 14.4. The highest BCUT2D eigenvalue weighted by molar-refractivity contribution is 7.99. The summed E-state index contributed by atoms with van der Waals surface area (Å²) in [5, 5.41) is 3.36. The zero-order valence-corrected chi connectivity index (χ0v) is 16.1. The van der Waals surface area contributed by atoms with Gasteiger partial charge in [0, 0.05) is 27.9 Å². The molecule has 0 atom stereocenters. The first-order valence-electron chi connectivity index (χ1n) is 7.84. The van der Waals surface area contributed by atoms with Gasteiger partial charge in [-0.05, 0) is 42.0 Å². The number of sulfonamides is 1. The first-order chi connectivity index (χ1) is 11.7. The second-order valence-corrected chi connectivity index (χ2v) is 9.34.